The minimum absolute atomic E-state index is 0.0643. The number of aliphatic hydroxyl groups is 1. The van der Waals surface area contributed by atoms with Gasteiger partial charge in [-0.15, -0.1) is 16.4 Å². The van der Waals surface area contributed by atoms with Crippen LogP contribution in [-0.4, -0.2) is 25.3 Å². The predicted octanol–water partition coefficient (Wildman–Crippen LogP) is 2.37. The molecule has 1 aromatic carbocycles. The van der Waals surface area contributed by atoms with Crippen molar-refractivity contribution >= 4 is 23.1 Å². The van der Waals surface area contributed by atoms with Crippen LogP contribution in [0.25, 0.3) is 5.69 Å². The second-order valence-electron chi connectivity index (χ2n) is 3.69. The van der Waals surface area contributed by atoms with Crippen molar-refractivity contribution in [3.05, 3.63) is 47.3 Å². The molecule has 0 aliphatic rings. The highest BCUT2D eigenvalue weighted by molar-refractivity contribution is 8.01. The summed E-state index contributed by atoms with van der Waals surface area (Å²) in [6.07, 6.45) is 0. The smallest absolute Gasteiger partial charge is 0.219 e. The molecule has 0 aliphatic carbocycles. The summed E-state index contributed by atoms with van der Waals surface area (Å²) >= 11 is 3.03. The quantitative estimate of drug-likeness (QED) is 0.799. The number of nitrogens with zero attached hydrogens (tertiary/aromatic N) is 4. The molecular formula is C12H10N4OS2. The van der Waals surface area contributed by atoms with Gasteiger partial charge in [0.1, 0.15) is 0 Å². The number of aromatic nitrogens is 4. The number of rotatable bonds is 4. The normalized spacial score (nSPS) is 10.8. The largest absolute Gasteiger partial charge is 0.391 e. The van der Waals surface area contributed by atoms with Crippen molar-refractivity contribution in [2.24, 2.45) is 0 Å². The molecule has 5 nitrogen and oxygen atoms in total. The molecule has 0 atom stereocenters. The van der Waals surface area contributed by atoms with Crippen LogP contribution in [0.3, 0.4) is 0 Å². The first-order chi connectivity index (χ1) is 9.36. The Hall–Kier alpha value is -1.70. The predicted molar refractivity (Wildman–Crippen MR) is 73.5 cm³/mol. The van der Waals surface area contributed by atoms with E-state index in [-0.39, 0.29) is 6.61 Å². The highest BCUT2D eigenvalue weighted by atomic mass is 32.2. The van der Waals surface area contributed by atoms with Gasteiger partial charge in [-0.05, 0) is 46.5 Å². The van der Waals surface area contributed by atoms with E-state index in [9.17, 15) is 0 Å². The lowest BCUT2D eigenvalue weighted by Crippen LogP contribution is -1.97. The minimum atomic E-state index is 0.0643. The Morgan fingerprint density at radius 2 is 2.00 bits per heavy atom. The van der Waals surface area contributed by atoms with Crippen LogP contribution in [0.5, 0.6) is 0 Å². The average molecular weight is 290 g/mol. The van der Waals surface area contributed by atoms with E-state index in [2.05, 4.69) is 15.5 Å². The topological polar surface area (TPSA) is 63.8 Å². The van der Waals surface area contributed by atoms with Crippen LogP contribution in [0.2, 0.25) is 0 Å². The Kier molecular flexibility index (Phi) is 3.58. The monoisotopic (exact) mass is 290 g/mol. The number of para-hydroxylation sites is 1. The number of hydrogen-bond acceptors (Lipinski definition) is 6. The third kappa shape index (κ3) is 2.67. The van der Waals surface area contributed by atoms with E-state index >= 15 is 0 Å². The zero-order chi connectivity index (χ0) is 13.1. The molecule has 0 amide bonds. The van der Waals surface area contributed by atoms with Gasteiger partial charge in [-0.2, -0.15) is 4.68 Å². The zero-order valence-electron chi connectivity index (χ0n) is 9.80. The van der Waals surface area contributed by atoms with Gasteiger partial charge in [0.2, 0.25) is 5.16 Å². The van der Waals surface area contributed by atoms with Crippen LogP contribution >= 0.6 is 23.1 Å². The molecule has 0 saturated heterocycles. The molecule has 0 unspecified atom stereocenters. The molecule has 0 spiro atoms. The van der Waals surface area contributed by atoms with E-state index in [0.29, 0.717) is 5.16 Å². The van der Waals surface area contributed by atoms with E-state index in [1.165, 1.54) is 23.1 Å². The van der Waals surface area contributed by atoms with Gasteiger partial charge < -0.3 is 5.11 Å². The molecule has 0 saturated carbocycles. The lowest BCUT2D eigenvalue weighted by Gasteiger charge is -2.02. The highest BCUT2D eigenvalue weighted by Gasteiger charge is 2.11. The van der Waals surface area contributed by atoms with Crippen molar-refractivity contribution in [2.45, 2.75) is 16.0 Å². The van der Waals surface area contributed by atoms with Gasteiger partial charge in [0.25, 0.3) is 0 Å². The molecule has 2 aromatic heterocycles. The van der Waals surface area contributed by atoms with Gasteiger partial charge in [0.05, 0.1) is 16.5 Å². The van der Waals surface area contributed by atoms with Gasteiger partial charge >= 0.3 is 0 Å². The Bertz CT molecular complexity index is 665. The van der Waals surface area contributed by atoms with Crippen molar-refractivity contribution in [1.29, 1.82) is 0 Å². The van der Waals surface area contributed by atoms with Crippen LogP contribution < -0.4 is 0 Å². The standard InChI is InChI=1S/C12H10N4OS2/c17-8-10-6-7-11(18-10)19-12-13-14-15-16(12)9-4-2-1-3-5-9/h1-7,17H,8H2. The van der Waals surface area contributed by atoms with E-state index in [1.54, 1.807) is 4.68 Å². The fraction of sp³-hybridized carbons (Fsp3) is 0.0833. The van der Waals surface area contributed by atoms with E-state index < -0.39 is 0 Å². The maximum atomic E-state index is 9.07. The maximum Gasteiger partial charge on any atom is 0.219 e. The molecule has 0 radical (unpaired) electrons. The van der Waals surface area contributed by atoms with E-state index in [1.807, 2.05) is 42.5 Å². The molecule has 7 heteroatoms. The summed E-state index contributed by atoms with van der Waals surface area (Å²) in [5.41, 5.74) is 0.925. The summed E-state index contributed by atoms with van der Waals surface area (Å²) in [5.74, 6) is 0. The summed E-state index contributed by atoms with van der Waals surface area (Å²) < 4.78 is 2.75. The fourth-order valence-corrected chi connectivity index (χ4v) is 3.49. The summed E-state index contributed by atoms with van der Waals surface area (Å²) in [6.45, 7) is 0.0643. The first kappa shape index (κ1) is 12.3. The molecule has 0 fully saturated rings. The van der Waals surface area contributed by atoms with Gasteiger partial charge in [0.15, 0.2) is 0 Å². The number of thiophene rings is 1. The minimum Gasteiger partial charge on any atom is -0.391 e. The number of aliphatic hydroxyl groups excluding tert-OH is 1. The summed E-state index contributed by atoms with van der Waals surface area (Å²) in [5, 5.41) is 21.5. The number of tetrazole rings is 1. The van der Waals surface area contributed by atoms with Crippen LogP contribution in [-0.2, 0) is 6.61 Å². The van der Waals surface area contributed by atoms with Crippen molar-refractivity contribution in [3.63, 3.8) is 0 Å². The Morgan fingerprint density at radius 3 is 2.74 bits per heavy atom. The molecule has 96 valence electrons. The van der Waals surface area contributed by atoms with Gasteiger partial charge in [-0.3, -0.25) is 0 Å². The van der Waals surface area contributed by atoms with E-state index in [0.717, 1.165) is 14.8 Å². The summed E-state index contributed by atoms with van der Waals surface area (Å²) in [6, 6.07) is 13.6. The molecule has 3 aromatic rings. The third-order valence-electron chi connectivity index (χ3n) is 2.43. The first-order valence-corrected chi connectivity index (χ1v) is 7.21. The second-order valence-corrected chi connectivity index (χ2v) is 6.13. The number of hydrogen-bond donors (Lipinski definition) is 1. The second kappa shape index (κ2) is 5.52. The fourth-order valence-electron chi connectivity index (χ4n) is 1.56. The molecule has 19 heavy (non-hydrogen) atoms. The highest BCUT2D eigenvalue weighted by Crippen LogP contribution is 2.32. The van der Waals surface area contributed by atoms with Crippen molar-refractivity contribution in [2.75, 3.05) is 0 Å². The molecule has 0 aliphatic heterocycles. The Labute approximate surface area is 117 Å². The van der Waals surface area contributed by atoms with Crippen LogP contribution in [0.1, 0.15) is 4.88 Å². The van der Waals surface area contributed by atoms with Crippen molar-refractivity contribution in [1.82, 2.24) is 20.2 Å². The van der Waals surface area contributed by atoms with Gasteiger partial charge in [0, 0.05) is 4.88 Å². The lowest BCUT2D eigenvalue weighted by atomic mass is 10.3. The third-order valence-corrected chi connectivity index (χ3v) is 4.57. The SMILES string of the molecule is OCc1ccc(Sc2nnnn2-c2ccccc2)s1. The van der Waals surface area contributed by atoms with Crippen LogP contribution in [0.15, 0.2) is 51.8 Å². The van der Waals surface area contributed by atoms with Crippen LogP contribution in [0.4, 0.5) is 0 Å². The van der Waals surface area contributed by atoms with Gasteiger partial charge in [-0.1, -0.05) is 18.2 Å². The maximum absolute atomic E-state index is 9.07. The van der Waals surface area contributed by atoms with Gasteiger partial charge in [-0.25, -0.2) is 0 Å². The molecular weight excluding hydrogens is 280 g/mol. The summed E-state index contributed by atoms with van der Waals surface area (Å²) in [4.78, 5) is 0.932. The van der Waals surface area contributed by atoms with Crippen LogP contribution in [0, 0.1) is 0 Å². The zero-order valence-corrected chi connectivity index (χ0v) is 11.4. The molecule has 1 N–H and O–H groups in total. The average Bonchev–Trinajstić information content (AvgIpc) is 3.09. The molecule has 0 bridgehead atoms. The van der Waals surface area contributed by atoms with Crippen molar-refractivity contribution < 1.29 is 5.11 Å². The Balaban J connectivity index is 1.88. The molecule has 2 heterocycles. The number of benzene rings is 1. The summed E-state index contributed by atoms with van der Waals surface area (Å²) in [7, 11) is 0. The first-order valence-electron chi connectivity index (χ1n) is 5.58. The van der Waals surface area contributed by atoms with Crippen molar-refractivity contribution in [3.8, 4) is 5.69 Å². The molecule has 3 rings (SSSR count). The lowest BCUT2D eigenvalue weighted by molar-refractivity contribution is 0.285. The Morgan fingerprint density at radius 1 is 1.16 bits per heavy atom. The van der Waals surface area contributed by atoms with E-state index in [4.69, 9.17) is 5.11 Å².